The molecule has 2 saturated carbocycles. The van der Waals surface area contributed by atoms with Crippen molar-refractivity contribution in [1.29, 1.82) is 0 Å². The van der Waals surface area contributed by atoms with E-state index in [9.17, 15) is 36.1 Å². The van der Waals surface area contributed by atoms with E-state index < -0.39 is 59.5 Å². The Kier molecular flexibility index (Phi) is 11.5. The van der Waals surface area contributed by atoms with Crippen molar-refractivity contribution >= 4 is 16.9 Å². The van der Waals surface area contributed by atoms with Crippen LogP contribution in [-0.4, -0.2) is 95.7 Å². The molecule has 1 aliphatic heterocycles. The summed E-state index contributed by atoms with van der Waals surface area (Å²) in [5, 5.41) is 9.35. The number of carbonyl (C=O) groups is 1. The molecule has 4 aliphatic rings. The normalized spacial score (nSPS) is 31.5. The third-order valence-corrected chi connectivity index (χ3v) is 12.3. The van der Waals surface area contributed by atoms with E-state index >= 15 is 4.39 Å². The monoisotopic (exact) mass is 697 g/mol. The fourth-order valence-corrected chi connectivity index (χ4v) is 9.79. The summed E-state index contributed by atoms with van der Waals surface area (Å²) in [7, 11) is -1.56. The summed E-state index contributed by atoms with van der Waals surface area (Å²) >= 11 is 0. The van der Waals surface area contributed by atoms with E-state index in [1.165, 1.54) is 0 Å². The number of halogens is 6. The maximum absolute atomic E-state index is 15.6. The number of morpholine rings is 1. The van der Waals surface area contributed by atoms with Crippen molar-refractivity contribution in [1.82, 2.24) is 4.90 Å². The lowest BCUT2D eigenvalue weighted by Crippen LogP contribution is -2.48. The van der Waals surface area contributed by atoms with Gasteiger partial charge in [-0.3, -0.25) is 4.21 Å². The minimum absolute atomic E-state index is 0.00739. The van der Waals surface area contributed by atoms with Gasteiger partial charge in [-0.1, -0.05) is 13.0 Å². The zero-order valence-corrected chi connectivity index (χ0v) is 27.4. The molecule has 1 saturated heterocycles. The number of aliphatic hydroxyl groups excluding tert-OH is 1. The third kappa shape index (κ3) is 7.96. The van der Waals surface area contributed by atoms with Crippen LogP contribution in [0, 0.1) is 23.2 Å². The first-order chi connectivity index (χ1) is 22.2. The van der Waals surface area contributed by atoms with E-state index in [2.05, 4.69) is 6.92 Å². The number of amides is 1. The Balaban J connectivity index is 1.30. The smallest absolute Gasteiger partial charge is 0.410 e. The molecule has 47 heavy (non-hydrogen) atoms. The first-order valence-corrected chi connectivity index (χ1v) is 18.1. The predicted molar refractivity (Wildman–Crippen MR) is 163 cm³/mol. The fourth-order valence-electron chi connectivity index (χ4n) is 8.63. The highest BCUT2D eigenvalue weighted by molar-refractivity contribution is 7.84. The molecule has 8 atom stereocenters. The van der Waals surface area contributed by atoms with Crippen LogP contribution in [0.25, 0.3) is 0 Å². The molecular weight excluding hydrogens is 652 g/mol. The van der Waals surface area contributed by atoms with E-state index in [1.54, 1.807) is 11.0 Å². The first-order valence-electron chi connectivity index (χ1n) is 16.6. The Labute approximate surface area is 274 Å². The van der Waals surface area contributed by atoms with E-state index in [4.69, 9.17) is 14.2 Å². The van der Waals surface area contributed by atoms with Crippen LogP contribution in [0.1, 0.15) is 68.9 Å². The zero-order chi connectivity index (χ0) is 34.0. The van der Waals surface area contributed by atoms with Crippen molar-refractivity contribution in [3.8, 4) is 5.75 Å². The van der Waals surface area contributed by atoms with Gasteiger partial charge in [0.05, 0.1) is 32.5 Å². The van der Waals surface area contributed by atoms with Crippen molar-refractivity contribution in [2.24, 2.45) is 23.2 Å². The second-order valence-electron chi connectivity index (χ2n) is 13.7. The third-order valence-electron chi connectivity index (χ3n) is 10.9. The second-order valence-corrected chi connectivity index (χ2v) is 15.4. The lowest BCUT2D eigenvalue weighted by molar-refractivity contribution is -0.284. The quantitative estimate of drug-likeness (QED) is 0.254. The molecule has 0 spiro atoms. The van der Waals surface area contributed by atoms with Crippen LogP contribution in [0.15, 0.2) is 18.2 Å². The molecule has 0 aromatic heterocycles. The molecule has 0 bridgehead atoms. The molecule has 1 amide bonds. The van der Waals surface area contributed by atoms with Gasteiger partial charge in [0.2, 0.25) is 0 Å². The minimum Gasteiger partial charge on any atom is -0.410 e. The number of carbonyl (C=O) groups excluding carboxylic acids is 1. The van der Waals surface area contributed by atoms with Crippen LogP contribution in [-0.2, 0) is 26.7 Å². The molecule has 5 rings (SSSR count). The van der Waals surface area contributed by atoms with Gasteiger partial charge < -0.3 is 24.2 Å². The predicted octanol–water partition coefficient (Wildman–Crippen LogP) is 6.43. The van der Waals surface area contributed by atoms with Crippen LogP contribution < -0.4 is 4.74 Å². The molecule has 1 aromatic carbocycles. The van der Waals surface area contributed by atoms with Crippen molar-refractivity contribution in [3.63, 3.8) is 0 Å². The Hall–Kier alpha value is -1.90. The number of rotatable bonds is 12. The van der Waals surface area contributed by atoms with Gasteiger partial charge in [0.15, 0.2) is 0 Å². The van der Waals surface area contributed by atoms with Gasteiger partial charge in [-0.05, 0) is 97.3 Å². The summed E-state index contributed by atoms with van der Waals surface area (Å²) in [4.78, 5) is 14.4. The second kappa shape index (κ2) is 14.9. The molecule has 1 aromatic rings. The van der Waals surface area contributed by atoms with Gasteiger partial charge in [0.1, 0.15) is 11.9 Å². The Morgan fingerprint density at radius 1 is 1.15 bits per heavy atom. The Morgan fingerprint density at radius 2 is 1.87 bits per heavy atom. The van der Waals surface area contributed by atoms with Crippen molar-refractivity contribution in [2.45, 2.75) is 88.6 Å². The maximum atomic E-state index is 15.6. The van der Waals surface area contributed by atoms with E-state index in [0.29, 0.717) is 57.7 Å². The Morgan fingerprint density at radius 3 is 2.57 bits per heavy atom. The largest absolute Gasteiger partial charge is 0.453 e. The van der Waals surface area contributed by atoms with Gasteiger partial charge >= 0.3 is 18.2 Å². The number of hydrogen-bond donors (Lipinski definition) is 1. The molecule has 0 radical (unpaired) electrons. The van der Waals surface area contributed by atoms with Crippen LogP contribution in [0.2, 0.25) is 0 Å². The lowest BCUT2D eigenvalue weighted by atomic mass is 9.52. The van der Waals surface area contributed by atoms with Gasteiger partial charge in [-0.25, -0.2) is 9.18 Å². The fraction of sp³-hybridized carbons (Fsp3) is 0.788. The molecule has 266 valence electrons. The van der Waals surface area contributed by atoms with Crippen molar-refractivity contribution in [2.75, 3.05) is 51.0 Å². The van der Waals surface area contributed by atoms with Gasteiger partial charge in [0, 0.05) is 41.8 Å². The van der Waals surface area contributed by atoms with Gasteiger partial charge in [-0.15, -0.1) is 0 Å². The molecule has 1 N–H and O–H groups in total. The molecule has 7 nitrogen and oxygen atoms in total. The standard InChI is InChI=1S/C33H45F6NO6S/c1-31-9-7-25-24-6-5-23(46-30(42)40-10-13-44-14-11-40)19-22(24)18-21(28(25)26(31)20-27(34)29(31)45-15-12-41)4-2-16-47(43)17-3-8-32(35,36)33(37,38)39/h5-6,19,21,25-29,41H,2-4,7-18,20H2,1H3/t21-,25-,26+,27?,28-,29+,31+,47?/m1/s1. The topological polar surface area (TPSA) is 85.3 Å². The number of nitrogens with zero attached hydrogens (tertiary/aromatic N) is 1. The number of benzene rings is 1. The molecular formula is C33H45F6NO6S. The first kappa shape index (κ1) is 36.4. The molecule has 3 fully saturated rings. The van der Waals surface area contributed by atoms with E-state index in [1.807, 2.05) is 12.1 Å². The number of aliphatic hydroxyl groups is 1. The summed E-state index contributed by atoms with van der Waals surface area (Å²) in [5.41, 5.74) is 1.74. The minimum atomic E-state index is -5.63. The van der Waals surface area contributed by atoms with E-state index in [-0.39, 0.29) is 48.4 Å². The highest BCUT2D eigenvalue weighted by Gasteiger charge is 2.61. The average Bonchev–Trinajstić information content (AvgIpc) is 3.28. The lowest BCUT2D eigenvalue weighted by Gasteiger charge is -2.53. The van der Waals surface area contributed by atoms with Gasteiger partial charge in [-0.2, -0.15) is 22.0 Å². The number of hydrogen-bond acceptors (Lipinski definition) is 6. The average molecular weight is 698 g/mol. The van der Waals surface area contributed by atoms with Crippen LogP contribution >= 0.6 is 0 Å². The van der Waals surface area contributed by atoms with E-state index in [0.717, 1.165) is 24.0 Å². The molecule has 1 heterocycles. The van der Waals surface area contributed by atoms with Gasteiger partial charge in [0.25, 0.3) is 0 Å². The van der Waals surface area contributed by atoms with Crippen LogP contribution in [0.4, 0.5) is 31.1 Å². The molecule has 3 aliphatic carbocycles. The van der Waals surface area contributed by atoms with Crippen LogP contribution in [0.5, 0.6) is 5.75 Å². The summed E-state index contributed by atoms with van der Waals surface area (Å²) in [6.07, 6.45) is -6.21. The SMILES string of the molecule is C[C@]12CC[C@@H]3c4ccc(OC(=O)N5CCOCC5)cc4C[C@@H](CCCS(=O)CCCC(F)(F)C(F)(F)F)[C@H]3[C@@H]1CC(F)[C@@H]2OCCO. The number of fused-ring (bicyclic) bond motifs is 5. The highest BCUT2D eigenvalue weighted by atomic mass is 32.2. The summed E-state index contributed by atoms with van der Waals surface area (Å²) < 4.78 is 109. The number of alkyl halides is 6. The van der Waals surface area contributed by atoms with Crippen LogP contribution in [0.3, 0.4) is 0 Å². The molecule has 2 unspecified atom stereocenters. The van der Waals surface area contributed by atoms with Crippen molar-refractivity contribution in [3.05, 3.63) is 29.3 Å². The summed E-state index contributed by atoms with van der Waals surface area (Å²) in [6, 6.07) is 5.69. The zero-order valence-electron chi connectivity index (χ0n) is 26.6. The summed E-state index contributed by atoms with van der Waals surface area (Å²) in [6.45, 7) is 3.71. The van der Waals surface area contributed by atoms with Crippen molar-refractivity contribution < 1.29 is 54.7 Å². The Bertz CT molecular complexity index is 1260. The summed E-state index contributed by atoms with van der Waals surface area (Å²) in [5.74, 6) is -4.20. The number of ether oxygens (including phenoxy) is 3. The maximum Gasteiger partial charge on any atom is 0.453 e. The highest BCUT2D eigenvalue weighted by Crippen LogP contribution is 2.63. The molecule has 14 heteroatoms.